The summed E-state index contributed by atoms with van der Waals surface area (Å²) in [5.74, 6) is 0.768. The predicted molar refractivity (Wildman–Crippen MR) is 114 cm³/mol. The van der Waals surface area contributed by atoms with Crippen molar-refractivity contribution in [2.24, 2.45) is 0 Å². The van der Waals surface area contributed by atoms with Gasteiger partial charge in [-0.2, -0.15) is 0 Å². The van der Waals surface area contributed by atoms with E-state index in [-0.39, 0.29) is 0 Å². The maximum atomic E-state index is 5.45. The minimum atomic E-state index is 0.768. The Balaban J connectivity index is 1.86. The molecule has 27 heavy (non-hydrogen) atoms. The van der Waals surface area contributed by atoms with Gasteiger partial charge in [-0.3, -0.25) is 4.90 Å². The van der Waals surface area contributed by atoms with Crippen molar-refractivity contribution in [3.05, 3.63) is 45.7 Å². The molecule has 5 nitrogen and oxygen atoms in total. The fourth-order valence-corrected chi connectivity index (χ4v) is 4.08. The summed E-state index contributed by atoms with van der Waals surface area (Å²) in [4.78, 5) is 14.2. The summed E-state index contributed by atoms with van der Waals surface area (Å²) in [7, 11) is 0. The Morgan fingerprint density at radius 2 is 1.93 bits per heavy atom. The molecule has 0 bridgehead atoms. The molecule has 1 fully saturated rings. The van der Waals surface area contributed by atoms with Gasteiger partial charge in [0.15, 0.2) is 0 Å². The van der Waals surface area contributed by atoms with Crippen molar-refractivity contribution < 1.29 is 4.74 Å². The lowest BCUT2D eigenvalue weighted by molar-refractivity contribution is 0.0336. The second kappa shape index (κ2) is 9.62. The topological polar surface area (TPSA) is 41.5 Å². The maximum absolute atomic E-state index is 5.45. The van der Waals surface area contributed by atoms with Crippen molar-refractivity contribution in [2.45, 2.75) is 40.2 Å². The third-order valence-electron chi connectivity index (χ3n) is 4.78. The molecule has 6 heteroatoms. The van der Waals surface area contributed by atoms with Crippen LogP contribution in [0.5, 0.6) is 0 Å². The van der Waals surface area contributed by atoms with Crippen molar-refractivity contribution in [3.8, 4) is 0 Å². The molecule has 0 radical (unpaired) electrons. The van der Waals surface area contributed by atoms with E-state index in [1.807, 2.05) is 6.92 Å². The molecule has 0 N–H and O–H groups in total. The minimum absolute atomic E-state index is 0.768. The lowest BCUT2D eigenvalue weighted by atomic mass is 10.1. The summed E-state index contributed by atoms with van der Waals surface area (Å²) in [6, 6.07) is 8.68. The third-order valence-corrected chi connectivity index (χ3v) is 5.42. The molecule has 0 saturated carbocycles. The van der Waals surface area contributed by atoms with Gasteiger partial charge in [-0.05, 0) is 60.0 Å². The molecule has 0 unspecified atom stereocenters. The number of benzene rings is 1. The van der Waals surface area contributed by atoms with E-state index in [1.54, 1.807) is 0 Å². The van der Waals surface area contributed by atoms with E-state index >= 15 is 0 Å². The highest BCUT2D eigenvalue weighted by molar-refractivity contribution is 9.10. The van der Waals surface area contributed by atoms with Crippen LogP contribution in [-0.4, -0.2) is 47.7 Å². The first-order valence-corrected chi connectivity index (χ1v) is 10.6. The van der Waals surface area contributed by atoms with E-state index in [0.717, 1.165) is 79.7 Å². The molecule has 1 aliphatic heterocycles. The van der Waals surface area contributed by atoms with Crippen molar-refractivity contribution in [2.75, 3.05) is 37.7 Å². The van der Waals surface area contributed by atoms with E-state index in [1.165, 1.54) is 5.56 Å². The first kappa shape index (κ1) is 20.2. The van der Waals surface area contributed by atoms with Crippen molar-refractivity contribution in [1.29, 1.82) is 0 Å². The van der Waals surface area contributed by atoms with Crippen LogP contribution < -0.4 is 4.90 Å². The van der Waals surface area contributed by atoms with E-state index in [4.69, 9.17) is 14.7 Å². The van der Waals surface area contributed by atoms with Gasteiger partial charge in [-0.1, -0.05) is 19.4 Å². The van der Waals surface area contributed by atoms with E-state index in [9.17, 15) is 0 Å². The third kappa shape index (κ3) is 5.27. The first-order chi connectivity index (χ1) is 13.1. The van der Waals surface area contributed by atoms with Crippen LogP contribution in [0.25, 0.3) is 0 Å². The van der Waals surface area contributed by atoms with Crippen molar-refractivity contribution >= 4 is 27.6 Å². The zero-order valence-corrected chi connectivity index (χ0v) is 18.1. The average molecular weight is 433 g/mol. The molecule has 0 aliphatic carbocycles. The zero-order valence-electron chi connectivity index (χ0n) is 16.5. The van der Waals surface area contributed by atoms with Crippen LogP contribution >= 0.6 is 15.9 Å². The molecule has 0 amide bonds. The molecule has 1 aromatic heterocycles. The number of nitrogens with zero attached hydrogens (tertiary/aromatic N) is 4. The molecule has 1 aliphatic rings. The van der Waals surface area contributed by atoms with E-state index < -0.39 is 0 Å². The SMILES string of the molecule is CCCc1ccc(N(CC)c2nc(C)cc(CN3CCOCC3)n2)c(Br)c1. The largest absolute Gasteiger partial charge is 0.379 e. The summed E-state index contributed by atoms with van der Waals surface area (Å²) < 4.78 is 6.54. The Morgan fingerprint density at radius 3 is 2.59 bits per heavy atom. The summed E-state index contributed by atoms with van der Waals surface area (Å²) in [6.45, 7) is 11.6. The quantitative estimate of drug-likeness (QED) is 0.644. The van der Waals surface area contributed by atoms with Crippen molar-refractivity contribution in [3.63, 3.8) is 0 Å². The molecule has 0 atom stereocenters. The highest BCUT2D eigenvalue weighted by Crippen LogP contribution is 2.31. The molecule has 1 aromatic carbocycles. The summed E-state index contributed by atoms with van der Waals surface area (Å²) in [5.41, 5.74) is 4.53. The van der Waals surface area contributed by atoms with Crippen molar-refractivity contribution in [1.82, 2.24) is 14.9 Å². The second-order valence-corrected chi connectivity index (χ2v) is 7.82. The van der Waals surface area contributed by atoms with Crippen LogP contribution in [0.4, 0.5) is 11.6 Å². The van der Waals surface area contributed by atoms with Crippen LogP contribution in [0.15, 0.2) is 28.7 Å². The molecule has 0 spiro atoms. The van der Waals surface area contributed by atoms with Gasteiger partial charge in [0, 0.05) is 36.3 Å². The van der Waals surface area contributed by atoms with Crippen LogP contribution in [0.3, 0.4) is 0 Å². The number of aromatic nitrogens is 2. The number of anilines is 2. The van der Waals surface area contributed by atoms with Crippen LogP contribution in [0, 0.1) is 6.92 Å². The molecule has 1 saturated heterocycles. The molecular formula is C21H29BrN4O. The highest BCUT2D eigenvalue weighted by Gasteiger charge is 2.17. The van der Waals surface area contributed by atoms with Gasteiger partial charge in [0.25, 0.3) is 0 Å². The Bertz CT molecular complexity index is 762. The number of rotatable bonds is 7. The predicted octanol–water partition coefficient (Wildman–Crippen LogP) is 4.49. The van der Waals surface area contributed by atoms with Gasteiger partial charge >= 0.3 is 0 Å². The first-order valence-electron chi connectivity index (χ1n) is 9.81. The number of aryl methyl sites for hydroxylation is 2. The molecule has 146 valence electrons. The summed E-state index contributed by atoms with van der Waals surface area (Å²) in [6.07, 6.45) is 2.24. The summed E-state index contributed by atoms with van der Waals surface area (Å²) in [5, 5.41) is 0. The monoisotopic (exact) mass is 432 g/mol. The Morgan fingerprint density at radius 1 is 1.15 bits per heavy atom. The van der Waals surface area contributed by atoms with Gasteiger partial charge in [-0.15, -0.1) is 0 Å². The number of ether oxygens (including phenoxy) is 1. The van der Waals surface area contributed by atoms with Gasteiger partial charge in [0.05, 0.1) is 24.6 Å². The normalized spacial score (nSPS) is 15.1. The summed E-state index contributed by atoms with van der Waals surface area (Å²) >= 11 is 3.75. The average Bonchev–Trinajstić information content (AvgIpc) is 2.65. The molecule has 2 heterocycles. The van der Waals surface area contributed by atoms with Gasteiger partial charge in [-0.25, -0.2) is 9.97 Å². The van der Waals surface area contributed by atoms with E-state index in [2.05, 4.69) is 63.8 Å². The smallest absolute Gasteiger partial charge is 0.230 e. The molecule has 3 rings (SSSR count). The standard InChI is InChI=1S/C21H29BrN4O/c1-4-6-17-7-8-20(19(22)14-17)26(5-2)21-23-16(3)13-18(24-21)15-25-9-11-27-12-10-25/h7-8,13-14H,4-6,9-12,15H2,1-3H3. The Kier molecular flexibility index (Phi) is 7.21. The number of hydrogen-bond acceptors (Lipinski definition) is 5. The number of hydrogen-bond donors (Lipinski definition) is 0. The fraction of sp³-hybridized carbons (Fsp3) is 0.524. The number of morpholine rings is 1. The highest BCUT2D eigenvalue weighted by atomic mass is 79.9. The minimum Gasteiger partial charge on any atom is -0.379 e. The number of halogens is 1. The van der Waals surface area contributed by atoms with Crippen LogP contribution in [0.1, 0.15) is 37.2 Å². The lowest BCUT2D eigenvalue weighted by Crippen LogP contribution is -2.36. The van der Waals surface area contributed by atoms with Gasteiger partial charge in [0.2, 0.25) is 5.95 Å². The lowest BCUT2D eigenvalue weighted by Gasteiger charge is -2.27. The fourth-order valence-electron chi connectivity index (χ4n) is 3.44. The van der Waals surface area contributed by atoms with Gasteiger partial charge in [0.1, 0.15) is 0 Å². The van der Waals surface area contributed by atoms with E-state index in [0.29, 0.717) is 0 Å². The Hall–Kier alpha value is -1.50. The van der Waals surface area contributed by atoms with Crippen LogP contribution in [0.2, 0.25) is 0 Å². The van der Waals surface area contributed by atoms with Crippen LogP contribution in [-0.2, 0) is 17.7 Å². The maximum Gasteiger partial charge on any atom is 0.230 e. The second-order valence-electron chi connectivity index (χ2n) is 6.97. The Labute approximate surface area is 170 Å². The van der Waals surface area contributed by atoms with Gasteiger partial charge < -0.3 is 9.64 Å². The molecule has 2 aromatic rings. The molecular weight excluding hydrogens is 404 g/mol. The zero-order chi connectivity index (χ0) is 19.2.